The molecule has 4 N–H and O–H groups in total. The van der Waals surface area contributed by atoms with Gasteiger partial charge in [0.15, 0.2) is 0 Å². The number of aromatic nitrogens is 1. The van der Waals surface area contributed by atoms with E-state index in [1.807, 2.05) is 6.92 Å². The van der Waals surface area contributed by atoms with E-state index in [0.717, 1.165) is 23.4 Å². The van der Waals surface area contributed by atoms with Gasteiger partial charge in [-0.3, -0.25) is 9.59 Å². The summed E-state index contributed by atoms with van der Waals surface area (Å²) < 4.78 is 29.4. The van der Waals surface area contributed by atoms with Crippen molar-refractivity contribution in [3.05, 3.63) is 41.4 Å². The molecule has 0 saturated carbocycles. The van der Waals surface area contributed by atoms with Crippen LogP contribution in [0.2, 0.25) is 0 Å². The summed E-state index contributed by atoms with van der Waals surface area (Å²) >= 11 is 0. The zero-order valence-corrected chi connectivity index (χ0v) is 15.2. The summed E-state index contributed by atoms with van der Waals surface area (Å²) in [6.45, 7) is 7.23. The van der Waals surface area contributed by atoms with Crippen LogP contribution in [0.25, 0.3) is 10.9 Å². The molecular weight excluding hydrogens is 354 g/mol. The first kappa shape index (κ1) is 18.9. The number of aromatic amines is 1. The van der Waals surface area contributed by atoms with Crippen molar-refractivity contribution in [2.24, 2.45) is 5.73 Å². The molecule has 1 aromatic carbocycles. The number of benzene rings is 1. The van der Waals surface area contributed by atoms with Crippen molar-refractivity contribution in [3.8, 4) is 0 Å². The van der Waals surface area contributed by atoms with Gasteiger partial charge in [0.25, 0.3) is 5.91 Å². The largest absolute Gasteiger partial charge is 0.366 e. The molecule has 0 spiro atoms. The van der Waals surface area contributed by atoms with Crippen molar-refractivity contribution in [1.82, 2.24) is 10.3 Å². The second-order valence-corrected chi connectivity index (χ2v) is 6.89. The number of hydrogen-bond acceptors (Lipinski definition) is 3. The molecule has 1 aliphatic rings. The van der Waals surface area contributed by atoms with Crippen LogP contribution >= 0.6 is 0 Å². The number of nitrogens with zero attached hydrogens (tertiary/aromatic N) is 1. The van der Waals surface area contributed by atoms with Crippen LogP contribution in [0.1, 0.15) is 28.0 Å². The fourth-order valence-corrected chi connectivity index (χ4v) is 3.69. The van der Waals surface area contributed by atoms with Gasteiger partial charge in [0.2, 0.25) is 5.91 Å². The first-order valence-corrected chi connectivity index (χ1v) is 8.66. The van der Waals surface area contributed by atoms with Gasteiger partial charge in [0.1, 0.15) is 12.0 Å². The summed E-state index contributed by atoms with van der Waals surface area (Å²) in [5.41, 5.74) is 7.61. The lowest BCUT2D eigenvalue weighted by Gasteiger charge is -2.37. The molecule has 0 aliphatic carbocycles. The molecule has 3 rings (SSSR count). The average Bonchev–Trinajstić information content (AvgIpc) is 2.88. The molecule has 6 nitrogen and oxygen atoms in total. The standard InChI is InChI=1S/C19H22F2N4O2/c1-4-15(26)24-12-5-11(20)7-25(8-12)18-14(21)6-13(19(22)27)17-16(18)9(2)10(3)23-17/h4,6,11-12,23H,1,5,7-8H2,2-3H3,(H2,22,27)(H,24,26)/t11-,12?/m1/s1. The van der Waals surface area contributed by atoms with Crippen LogP contribution in [0.3, 0.4) is 0 Å². The molecule has 1 saturated heterocycles. The predicted octanol–water partition coefficient (Wildman–Crippen LogP) is 2.24. The Labute approximate surface area is 155 Å². The molecule has 1 aliphatic heterocycles. The molecule has 1 fully saturated rings. The number of nitrogens with one attached hydrogen (secondary N) is 2. The van der Waals surface area contributed by atoms with Gasteiger partial charge in [-0.1, -0.05) is 6.58 Å². The van der Waals surface area contributed by atoms with E-state index in [1.54, 1.807) is 11.8 Å². The number of carbonyl (C=O) groups is 2. The van der Waals surface area contributed by atoms with E-state index in [0.29, 0.717) is 10.9 Å². The highest BCUT2D eigenvalue weighted by Crippen LogP contribution is 2.37. The van der Waals surface area contributed by atoms with Crippen molar-refractivity contribution < 1.29 is 18.4 Å². The number of rotatable bonds is 4. The van der Waals surface area contributed by atoms with Gasteiger partial charge in [0.05, 0.1) is 16.8 Å². The fraction of sp³-hybridized carbons (Fsp3) is 0.368. The van der Waals surface area contributed by atoms with Gasteiger partial charge in [-0.05, 0) is 31.6 Å². The maximum absolute atomic E-state index is 15.0. The third-order valence-corrected chi connectivity index (χ3v) is 5.02. The number of aryl methyl sites for hydroxylation is 2. The Kier molecular flexibility index (Phi) is 4.91. The molecular formula is C19H22F2N4O2. The summed E-state index contributed by atoms with van der Waals surface area (Å²) in [5.74, 6) is -1.80. The van der Waals surface area contributed by atoms with Gasteiger partial charge >= 0.3 is 0 Å². The second-order valence-electron chi connectivity index (χ2n) is 6.89. The van der Waals surface area contributed by atoms with Crippen LogP contribution in [-0.4, -0.2) is 42.1 Å². The topological polar surface area (TPSA) is 91.2 Å². The number of fused-ring (bicyclic) bond motifs is 1. The number of piperidine rings is 1. The number of anilines is 1. The molecule has 1 aromatic heterocycles. The molecule has 2 heterocycles. The van der Waals surface area contributed by atoms with Crippen LogP contribution in [0.4, 0.5) is 14.5 Å². The van der Waals surface area contributed by atoms with Crippen molar-refractivity contribution in [2.45, 2.75) is 32.5 Å². The maximum Gasteiger partial charge on any atom is 0.250 e. The summed E-state index contributed by atoms with van der Waals surface area (Å²) in [4.78, 5) is 28.0. The van der Waals surface area contributed by atoms with Crippen molar-refractivity contribution >= 4 is 28.4 Å². The lowest BCUT2D eigenvalue weighted by Crippen LogP contribution is -2.51. The predicted molar refractivity (Wildman–Crippen MR) is 100 cm³/mol. The number of amides is 2. The van der Waals surface area contributed by atoms with E-state index in [9.17, 15) is 14.0 Å². The van der Waals surface area contributed by atoms with Crippen LogP contribution in [0, 0.1) is 19.7 Å². The lowest BCUT2D eigenvalue weighted by atomic mass is 9.99. The number of carbonyl (C=O) groups excluding carboxylic acids is 2. The van der Waals surface area contributed by atoms with E-state index in [4.69, 9.17) is 5.73 Å². The molecule has 2 amide bonds. The Bertz CT molecular complexity index is 938. The van der Waals surface area contributed by atoms with Gasteiger partial charge in [-0.2, -0.15) is 0 Å². The molecule has 8 heteroatoms. The molecule has 2 aromatic rings. The first-order valence-electron chi connectivity index (χ1n) is 8.66. The number of primary amides is 1. The van der Waals surface area contributed by atoms with E-state index in [-0.39, 0.29) is 30.8 Å². The number of halogens is 2. The minimum Gasteiger partial charge on any atom is -0.366 e. The van der Waals surface area contributed by atoms with E-state index in [1.165, 1.54) is 0 Å². The Hall–Kier alpha value is -2.90. The maximum atomic E-state index is 15.0. The van der Waals surface area contributed by atoms with Crippen LogP contribution in [0.5, 0.6) is 0 Å². The van der Waals surface area contributed by atoms with Gasteiger partial charge < -0.3 is 20.9 Å². The monoisotopic (exact) mass is 376 g/mol. The van der Waals surface area contributed by atoms with Gasteiger partial charge in [0, 0.05) is 36.6 Å². The van der Waals surface area contributed by atoms with Crippen molar-refractivity contribution in [1.29, 1.82) is 0 Å². The Morgan fingerprint density at radius 2 is 2.11 bits per heavy atom. The third kappa shape index (κ3) is 3.39. The second kappa shape index (κ2) is 7.02. The molecule has 0 radical (unpaired) electrons. The fourth-order valence-electron chi connectivity index (χ4n) is 3.69. The Balaban J connectivity index is 2.11. The highest BCUT2D eigenvalue weighted by atomic mass is 19.1. The minimum absolute atomic E-state index is 0.00787. The number of hydrogen-bond donors (Lipinski definition) is 3. The average molecular weight is 376 g/mol. The Morgan fingerprint density at radius 1 is 1.41 bits per heavy atom. The lowest BCUT2D eigenvalue weighted by molar-refractivity contribution is -0.117. The van der Waals surface area contributed by atoms with Gasteiger partial charge in [-0.25, -0.2) is 8.78 Å². The molecule has 1 unspecified atom stereocenters. The quantitative estimate of drug-likeness (QED) is 0.715. The summed E-state index contributed by atoms with van der Waals surface area (Å²) in [5, 5.41) is 3.18. The summed E-state index contributed by atoms with van der Waals surface area (Å²) in [6.07, 6.45) is 0.0250. The number of nitrogens with two attached hydrogens (primary N) is 1. The molecule has 2 atom stereocenters. The van der Waals surface area contributed by atoms with Crippen molar-refractivity contribution in [2.75, 3.05) is 18.0 Å². The number of H-pyrrole nitrogens is 1. The van der Waals surface area contributed by atoms with E-state index >= 15 is 4.39 Å². The van der Waals surface area contributed by atoms with Crippen LogP contribution in [0.15, 0.2) is 18.7 Å². The van der Waals surface area contributed by atoms with Crippen LogP contribution < -0.4 is 16.0 Å². The van der Waals surface area contributed by atoms with E-state index < -0.39 is 29.8 Å². The summed E-state index contributed by atoms with van der Waals surface area (Å²) in [7, 11) is 0. The normalized spacial score (nSPS) is 19.9. The number of alkyl halides is 1. The van der Waals surface area contributed by atoms with Crippen LogP contribution in [-0.2, 0) is 4.79 Å². The zero-order valence-electron chi connectivity index (χ0n) is 15.2. The molecule has 144 valence electrons. The smallest absolute Gasteiger partial charge is 0.250 e. The van der Waals surface area contributed by atoms with Gasteiger partial charge in [-0.15, -0.1) is 0 Å². The Morgan fingerprint density at radius 3 is 2.74 bits per heavy atom. The highest BCUT2D eigenvalue weighted by molar-refractivity contribution is 6.10. The highest BCUT2D eigenvalue weighted by Gasteiger charge is 2.32. The summed E-state index contributed by atoms with van der Waals surface area (Å²) in [6, 6.07) is 0.596. The first-order chi connectivity index (χ1) is 12.7. The SMILES string of the molecule is C=CC(=O)NC1C[C@@H](F)CN(c2c(F)cc(C(N)=O)c3[nH]c(C)c(C)c23)C1. The van der Waals surface area contributed by atoms with Crippen molar-refractivity contribution in [3.63, 3.8) is 0 Å². The molecule has 27 heavy (non-hydrogen) atoms. The third-order valence-electron chi connectivity index (χ3n) is 5.02. The molecule has 0 bridgehead atoms. The zero-order chi connectivity index (χ0) is 19.9. The van der Waals surface area contributed by atoms with E-state index in [2.05, 4.69) is 16.9 Å². The minimum atomic E-state index is -1.24.